The van der Waals surface area contributed by atoms with Crippen LogP contribution >= 0.6 is 15.9 Å². The Hall–Kier alpha value is -0.580. The molecule has 0 spiro atoms. The summed E-state index contributed by atoms with van der Waals surface area (Å²) in [7, 11) is 1.74. The zero-order valence-electron chi connectivity index (χ0n) is 12.3. The molecule has 4 heteroatoms. The lowest BCUT2D eigenvalue weighted by atomic mass is 10.0. The van der Waals surface area contributed by atoms with E-state index in [-0.39, 0.29) is 6.04 Å². The third-order valence-corrected chi connectivity index (χ3v) is 3.94. The van der Waals surface area contributed by atoms with Crippen molar-refractivity contribution in [2.24, 2.45) is 5.73 Å². The van der Waals surface area contributed by atoms with E-state index in [9.17, 15) is 0 Å². The van der Waals surface area contributed by atoms with Gasteiger partial charge in [-0.25, -0.2) is 0 Å². The van der Waals surface area contributed by atoms with Crippen molar-refractivity contribution in [2.75, 3.05) is 25.2 Å². The molecule has 0 saturated carbocycles. The molecule has 2 unspecified atom stereocenters. The van der Waals surface area contributed by atoms with Crippen molar-refractivity contribution in [1.29, 1.82) is 0 Å². The summed E-state index contributed by atoms with van der Waals surface area (Å²) in [6.07, 6.45) is 1.10. The molecule has 1 rings (SSSR count). The van der Waals surface area contributed by atoms with Crippen LogP contribution in [-0.4, -0.2) is 26.3 Å². The number of anilines is 1. The topological polar surface area (TPSA) is 38.5 Å². The smallest absolute Gasteiger partial charge is 0.0637 e. The van der Waals surface area contributed by atoms with Crippen LogP contribution in [0, 0.1) is 0 Å². The molecule has 2 atom stereocenters. The average Bonchev–Trinajstić information content (AvgIpc) is 2.39. The van der Waals surface area contributed by atoms with Gasteiger partial charge in [0, 0.05) is 35.9 Å². The molecule has 0 amide bonds. The SMILES string of the molecule is CCC(C)N(CCOC)c1ccc(Br)cc1C(C)N. The monoisotopic (exact) mass is 328 g/mol. The summed E-state index contributed by atoms with van der Waals surface area (Å²) in [5, 5.41) is 0. The minimum Gasteiger partial charge on any atom is -0.383 e. The number of ether oxygens (including phenoxy) is 1. The Balaban J connectivity index is 3.13. The van der Waals surface area contributed by atoms with Gasteiger partial charge in [-0.15, -0.1) is 0 Å². The largest absolute Gasteiger partial charge is 0.383 e. The molecule has 0 bridgehead atoms. The maximum atomic E-state index is 6.11. The van der Waals surface area contributed by atoms with Gasteiger partial charge in [0.2, 0.25) is 0 Å². The van der Waals surface area contributed by atoms with E-state index in [1.807, 2.05) is 6.92 Å². The first-order valence-corrected chi connectivity index (χ1v) is 7.61. The van der Waals surface area contributed by atoms with Crippen LogP contribution in [-0.2, 0) is 4.74 Å². The zero-order valence-corrected chi connectivity index (χ0v) is 13.9. The fourth-order valence-corrected chi connectivity index (χ4v) is 2.52. The number of halogens is 1. The maximum Gasteiger partial charge on any atom is 0.0637 e. The quantitative estimate of drug-likeness (QED) is 0.829. The lowest BCUT2D eigenvalue weighted by molar-refractivity contribution is 0.203. The van der Waals surface area contributed by atoms with Gasteiger partial charge in [-0.3, -0.25) is 0 Å². The van der Waals surface area contributed by atoms with E-state index in [4.69, 9.17) is 10.5 Å². The van der Waals surface area contributed by atoms with Crippen LogP contribution in [0.15, 0.2) is 22.7 Å². The zero-order chi connectivity index (χ0) is 14.4. The highest BCUT2D eigenvalue weighted by atomic mass is 79.9. The standard InChI is InChI=1S/C15H25BrN2O/c1-5-11(2)18(8-9-19-4)15-7-6-13(16)10-14(15)12(3)17/h6-7,10-12H,5,8-9,17H2,1-4H3. The Labute approximate surface area is 125 Å². The second kappa shape index (κ2) is 7.88. The predicted molar refractivity (Wildman–Crippen MR) is 85.7 cm³/mol. The average molecular weight is 329 g/mol. The molecule has 19 heavy (non-hydrogen) atoms. The summed E-state index contributed by atoms with van der Waals surface area (Å²) in [5.74, 6) is 0. The Kier molecular flexibility index (Phi) is 6.83. The Morgan fingerprint density at radius 2 is 2.05 bits per heavy atom. The van der Waals surface area contributed by atoms with Gasteiger partial charge in [0.15, 0.2) is 0 Å². The molecular formula is C15H25BrN2O. The Bertz CT molecular complexity index is 396. The number of benzene rings is 1. The van der Waals surface area contributed by atoms with Crippen LogP contribution < -0.4 is 10.6 Å². The fourth-order valence-electron chi connectivity index (χ4n) is 2.14. The third kappa shape index (κ3) is 4.48. The molecule has 0 heterocycles. The molecule has 1 aromatic rings. The van der Waals surface area contributed by atoms with E-state index in [1.165, 1.54) is 11.3 Å². The minimum atomic E-state index is 0.0154. The number of nitrogens with two attached hydrogens (primary N) is 1. The lowest BCUT2D eigenvalue weighted by Gasteiger charge is -2.33. The molecular weight excluding hydrogens is 304 g/mol. The maximum absolute atomic E-state index is 6.11. The van der Waals surface area contributed by atoms with Gasteiger partial charge in [-0.05, 0) is 44.0 Å². The highest BCUT2D eigenvalue weighted by Crippen LogP contribution is 2.30. The summed E-state index contributed by atoms with van der Waals surface area (Å²) >= 11 is 3.52. The van der Waals surface area contributed by atoms with Crippen molar-refractivity contribution in [2.45, 2.75) is 39.3 Å². The van der Waals surface area contributed by atoms with E-state index < -0.39 is 0 Å². The van der Waals surface area contributed by atoms with Gasteiger partial charge >= 0.3 is 0 Å². The number of nitrogens with zero attached hydrogens (tertiary/aromatic N) is 1. The first kappa shape index (κ1) is 16.5. The van der Waals surface area contributed by atoms with Gasteiger partial charge in [0.05, 0.1) is 6.61 Å². The lowest BCUT2D eigenvalue weighted by Crippen LogP contribution is -2.36. The molecule has 1 aromatic carbocycles. The number of methoxy groups -OCH3 is 1. The second-order valence-corrected chi connectivity index (χ2v) is 5.85. The third-order valence-electron chi connectivity index (χ3n) is 3.45. The molecule has 0 aliphatic heterocycles. The molecule has 2 N–H and O–H groups in total. The van der Waals surface area contributed by atoms with Crippen LogP contribution in [0.5, 0.6) is 0 Å². The van der Waals surface area contributed by atoms with Gasteiger partial charge in [0.1, 0.15) is 0 Å². The second-order valence-electron chi connectivity index (χ2n) is 4.94. The van der Waals surface area contributed by atoms with Crippen molar-refractivity contribution in [3.05, 3.63) is 28.2 Å². The van der Waals surface area contributed by atoms with E-state index in [1.54, 1.807) is 7.11 Å². The molecule has 0 aromatic heterocycles. The minimum absolute atomic E-state index is 0.0154. The van der Waals surface area contributed by atoms with Crippen molar-refractivity contribution >= 4 is 21.6 Å². The molecule has 0 aliphatic carbocycles. The molecule has 0 radical (unpaired) electrons. The Morgan fingerprint density at radius 3 is 2.58 bits per heavy atom. The van der Waals surface area contributed by atoms with Gasteiger partial charge in [-0.1, -0.05) is 22.9 Å². The van der Waals surface area contributed by atoms with E-state index >= 15 is 0 Å². The number of hydrogen-bond acceptors (Lipinski definition) is 3. The van der Waals surface area contributed by atoms with Crippen LogP contribution in [0.4, 0.5) is 5.69 Å². The van der Waals surface area contributed by atoms with E-state index in [0.29, 0.717) is 6.04 Å². The van der Waals surface area contributed by atoms with Gasteiger partial charge < -0.3 is 15.4 Å². The predicted octanol–water partition coefficient (Wildman–Crippen LogP) is 3.72. The van der Waals surface area contributed by atoms with Crippen molar-refractivity contribution < 1.29 is 4.74 Å². The van der Waals surface area contributed by atoms with Crippen LogP contribution in [0.3, 0.4) is 0 Å². The van der Waals surface area contributed by atoms with Crippen molar-refractivity contribution in [3.63, 3.8) is 0 Å². The highest BCUT2D eigenvalue weighted by molar-refractivity contribution is 9.10. The summed E-state index contributed by atoms with van der Waals surface area (Å²) < 4.78 is 6.30. The van der Waals surface area contributed by atoms with Crippen LogP contribution in [0.25, 0.3) is 0 Å². The molecule has 0 aliphatic rings. The molecule has 3 nitrogen and oxygen atoms in total. The molecule has 0 saturated heterocycles. The number of rotatable bonds is 7. The van der Waals surface area contributed by atoms with E-state index in [0.717, 1.165) is 24.0 Å². The van der Waals surface area contributed by atoms with E-state index in [2.05, 4.69) is 52.9 Å². The summed E-state index contributed by atoms with van der Waals surface area (Å²) in [5.41, 5.74) is 8.50. The van der Waals surface area contributed by atoms with Crippen molar-refractivity contribution in [1.82, 2.24) is 0 Å². The summed E-state index contributed by atoms with van der Waals surface area (Å²) in [6.45, 7) is 8.07. The van der Waals surface area contributed by atoms with Crippen LogP contribution in [0.1, 0.15) is 38.8 Å². The van der Waals surface area contributed by atoms with Crippen molar-refractivity contribution in [3.8, 4) is 0 Å². The van der Waals surface area contributed by atoms with Gasteiger partial charge in [0.25, 0.3) is 0 Å². The molecule has 0 fully saturated rings. The van der Waals surface area contributed by atoms with Crippen LogP contribution in [0.2, 0.25) is 0 Å². The molecule has 108 valence electrons. The first-order valence-electron chi connectivity index (χ1n) is 6.81. The van der Waals surface area contributed by atoms with Gasteiger partial charge in [-0.2, -0.15) is 0 Å². The number of hydrogen-bond donors (Lipinski definition) is 1. The summed E-state index contributed by atoms with van der Waals surface area (Å²) in [6, 6.07) is 6.81. The highest BCUT2D eigenvalue weighted by Gasteiger charge is 2.18. The summed E-state index contributed by atoms with van der Waals surface area (Å²) in [4.78, 5) is 2.38. The fraction of sp³-hybridized carbons (Fsp3) is 0.600. The normalized spacial score (nSPS) is 14.2. The Morgan fingerprint density at radius 1 is 1.37 bits per heavy atom. The first-order chi connectivity index (χ1) is 9.01.